The van der Waals surface area contributed by atoms with Gasteiger partial charge < -0.3 is 15.5 Å². The lowest BCUT2D eigenvalue weighted by atomic mass is 9.97. The van der Waals surface area contributed by atoms with E-state index < -0.39 is 0 Å². The van der Waals surface area contributed by atoms with Crippen molar-refractivity contribution in [2.75, 3.05) is 36.9 Å². The Bertz CT molecular complexity index is 435. The lowest BCUT2D eigenvalue weighted by Crippen LogP contribution is -2.42. The van der Waals surface area contributed by atoms with Crippen LogP contribution in [0.4, 0.5) is 11.5 Å². The van der Waals surface area contributed by atoms with Gasteiger partial charge in [-0.3, -0.25) is 4.79 Å². The molecule has 1 atom stereocenters. The van der Waals surface area contributed by atoms with Gasteiger partial charge in [-0.2, -0.15) is 0 Å². The molecule has 0 radical (unpaired) electrons. The minimum Gasteiger partial charge on any atom is -0.371 e. The zero-order chi connectivity index (χ0) is 13.7. The van der Waals surface area contributed by atoms with Crippen LogP contribution >= 0.6 is 0 Å². The van der Waals surface area contributed by atoms with Crippen LogP contribution in [0, 0.1) is 5.92 Å². The van der Waals surface area contributed by atoms with Crippen LogP contribution in [0.3, 0.4) is 0 Å². The fraction of sp³-hybridized carbons (Fsp3) is 0.571. The second-order valence-electron chi connectivity index (χ2n) is 4.83. The highest BCUT2D eigenvalue weighted by molar-refractivity contribution is 5.79. The third-order valence-electron chi connectivity index (χ3n) is 3.51. The first-order valence-electron chi connectivity index (χ1n) is 6.91. The normalized spacial score (nSPS) is 19.1. The van der Waals surface area contributed by atoms with Gasteiger partial charge in [0, 0.05) is 44.6 Å². The first kappa shape index (κ1) is 13.6. The van der Waals surface area contributed by atoms with E-state index in [4.69, 9.17) is 0 Å². The summed E-state index contributed by atoms with van der Waals surface area (Å²) in [6, 6.07) is 4.06. The second-order valence-corrected chi connectivity index (χ2v) is 4.83. The van der Waals surface area contributed by atoms with Crippen molar-refractivity contribution in [3.63, 3.8) is 0 Å². The van der Waals surface area contributed by atoms with Crippen LogP contribution in [0.2, 0.25) is 0 Å². The number of amides is 1. The zero-order valence-corrected chi connectivity index (χ0v) is 11.6. The SMILES string of the molecule is CCNc1cc(N2CCCC(C(=O)NC)C2)ccn1. The molecule has 1 aromatic rings. The van der Waals surface area contributed by atoms with E-state index in [-0.39, 0.29) is 11.8 Å². The van der Waals surface area contributed by atoms with Gasteiger partial charge in [0.05, 0.1) is 5.92 Å². The monoisotopic (exact) mass is 262 g/mol. The number of aromatic nitrogens is 1. The largest absolute Gasteiger partial charge is 0.371 e. The predicted molar refractivity (Wildman–Crippen MR) is 77.4 cm³/mol. The molecule has 0 bridgehead atoms. The highest BCUT2D eigenvalue weighted by Crippen LogP contribution is 2.24. The molecule has 2 N–H and O–H groups in total. The Morgan fingerprint density at radius 1 is 1.58 bits per heavy atom. The summed E-state index contributed by atoms with van der Waals surface area (Å²) in [7, 11) is 1.71. The maximum absolute atomic E-state index is 11.8. The molecule has 0 spiro atoms. The highest BCUT2D eigenvalue weighted by Gasteiger charge is 2.25. The van der Waals surface area contributed by atoms with Crippen LogP contribution in [0.5, 0.6) is 0 Å². The Balaban J connectivity index is 2.08. The zero-order valence-electron chi connectivity index (χ0n) is 11.6. The smallest absolute Gasteiger partial charge is 0.224 e. The standard InChI is InChI=1S/C14H22N4O/c1-3-16-13-9-12(6-7-17-13)18-8-4-5-11(10-18)14(19)15-2/h6-7,9,11H,3-5,8,10H2,1-2H3,(H,15,19)(H,16,17). The predicted octanol–water partition coefficient (Wildman–Crippen LogP) is 1.48. The molecule has 19 heavy (non-hydrogen) atoms. The molecule has 0 aliphatic carbocycles. The molecule has 1 aromatic heterocycles. The molecule has 1 saturated heterocycles. The van der Waals surface area contributed by atoms with Crippen molar-refractivity contribution in [1.29, 1.82) is 0 Å². The first-order chi connectivity index (χ1) is 9.24. The molecule has 1 amide bonds. The van der Waals surface area contributed by atoms with Crippen molar-refractivity contribution in [1.82, 2.24) is 10.3 Å². The number of pyridine rings is 1. The molecule has 104 valence electrons. The Labute approximate surface area is 114 Å². The first-order valence-corrected chi connectivity index (χ1v) is 6.91. The molecule has 5 heteroatoms. The maximum Gasteiger partial charge on any atom is 0.224 e. The molecule has 2 rings (SSSR count). The van der Waals surface area contributed by atoms with E-state index in [0.717, 1.165) is 44.0 Å². The Hall–Kier alpha value is -1.78. The summed E-state index contributed by atoms with van der Waals surface area (Å²) in [5.74, 6) is 1.13. The van der Waals surface area contributed by atoms with Crippen molar-refractivity contribution < 1.29 is 4.79 Å². The number of hydrogen-bond acceptors (Lipinski definition) is 4. The number of carbonyl (C=O) groups is 1. The molecule has 1 aliphatic heterocycles. The lowest BCUT2D eigenvalue weighted by Gasteiger charge is -2.33. The number of anilines is 2. The van der Waals surface area contributed by atoms with Gasteiger partial charge >= 0.3 is 0 Å². The molecule has 1 aliphatic rings. The average molecular weight is 262 g/mol. The Morgan fingerprint density at radius 3 is 3.16 bits per heavy atom. The maximum atomic E-state index is 11.8. The Morgan fingerprint density at radius 2 is 2.42 bits per heavy atom. The van der Waals surface area contributed by atoms with Gasteiger partial charge in [-0.25, -0.2) is 4.98 Å². The molecule has 1 unspecified atom stereocenters. The van der Waals surface area contributed by atoms with Crippen molar-refractivity contribution >= 4 is 17.4 Å². The number of nitrogens with zero attached hydrogens (tertiary/aromatic N) is 2. The van der Waals surface area contributed by atoms with E-state index in [0.29, 0.717) is 0 Å². The topological polar surface area (TPSA) is 57.3 Å². The van der Waals surface area contributed by atoms with E-state index >= 15 is 0 Å². The van der Waals surface area contributed by atoms with Crippen molar-refractivity contribution in [2.24, 2.45) is 5.92 Å². The summed E-state index contributed by atoms with van der Waals surface area (Å²) in [6.45, 7) is 4.70. The van der Waals surface area contributed by atoms with Crippen molar-refractivity contribution in [3.8, 4) is 0 Å². The van der Waals surface area contributed by atoms with E-state index in [1.165, 1.54) is 0 Å². The van der Waals surface area contributed by atoms with Gasteiger partial charge in [-0.1, -0.05) is 0 Å². The Kier molecular flexibility index (Phi) is 4.60. The summed E-state index contributed by atoms with van der Waals surface area (Å²) in [5.41, 5.74) is 1.14. The van der Waals surface area contributed by atoms with Gasteiger partial charge in [-0.05, 0) is 25.8 Å². The average Bonchev–Trinajstić information content (AvgIpc) is 2.47. The third-order valence-corrected chi connectivity index (χ3v) is 3.51. The number of carbonyl (C=O) groups excluding carboxylic acids is 1. The van der Waals surface area contributed by atoms with Crippen LogP contribution < -0.4 is 15.5 Å². The van der Waals surface area contributed by atoms with E-state index in [2.05, 4.69) is 33.5 Å². The number of hydrogen-bond donors (Lipinski definition) is 2. The molecule has 5 nitrogen and oxygen atoms in total. The van der Waals surface area contributed by atoms with Crippen LogP contribution in [0.15, 0.2) is 18.3 Å². The van der Waals surface area contributed by atoms with Crippen molar-refractivity contribution in [3.05, 3.63) is 18.3 Å². The second kappa shape index (κ2) is 6.41. The fourth-order valence-electron chi connectivity index (χ4n) is 2.52. The third kappa shape index (κ3) is 3.36. The van der Waals surface area contributed by atoms with E-state index in [9.17, 15) is 4.79 Å². The molecule has 0 saturated carbocycles. The van der Waals surface area contributed by atoms with E-state index in [1.807, 2.05) is 12.3 Å². The van der Waals surface area contributed by atoms with Gasteiger partial charge in [0.1, 0.15) is 5.82 Å². The number of nitrogens with one attached hydrogen (secondary N) is 2. The molecule has 1 fully saturated rings. The van der Waals surface area contributed by atoms with Crippen LogP contribution in [0.1, 0.15) is 19.8 Å². The highest BCUT2D eigenvalue weighted by atomic mass is 16.1. The van der Waals surface area contributed by atoms with Crippen molar-refractivity contribution in [2.45, 2.75) is 19.8 Å². The molecule has 0 aromatic carbocycles. The summed E-state index contributed by atoms with van der Waals surface area (Å²) in [4.78, 5) is 18.3. The quantitative estimate of drug-likeness (QED) is 0.863. The summed E-state index contributed by atoms with van der Waals surface area (Å²) in [6.07, 6.45) is 3.84. The van der Waals surface area contributed by atoms with Crippen LogP contribution in [0.25, 0.3) is 0 Å². The van der Waals surface area contributed by atoms with E-state index in [1.54, 1.807) is 7.05 Å². The van der Waals surface area contributed by atoms with Crippen LogP contribution in [-0.4, -0.2) is 37.6 Å². The fourth-order valence-corrected chi connectivity index (χ4v) is 2.52. The summed E-state index contributed by atoms with van der Waals surface area (Å²) in [5, 5.41) is 5.96. The van der Waals surface area contributed by atoms with Crippen LogP contribution in [-0.2, 0) is 4.79 Å². The lowest BCUT2D eigenvalue weighted by molar-refractivity contribution is -0.124. The van der Waals surface area contributed by atoms with Gasteiger partial charge in [-0.15, -0.1) is 0 Å². The molecular weight excluding hydrogens is 240 g/mol. The van der Waals surface area contributed by atoms with Gasteiger partial charge in [0.15, 0.2) is 0 Å². The number of piperidine rings is 1. The minimum absolute atomic E-state index is 0.0921. The molecular formula is C14H22N4O. The summed E-state index contributed by atoms with van der Waals surface area (Å²) < 4.78 is 0. The summed E-state index contributed by atoms with van der Waals surface area (Å²) >= 11 is 0. The van der Waals surface area contributed by atoms with Gasteiger partial charge in [0.25, 0.3) is 0 Å². The number of rotatable bonds is 4. The van der Waals surface area contributed by atoms with Gasteiger partial charge in [0.2, 0.25) is 5.91 Å². The minimum atomic E-state index is 0.0921. The molecule has 2 heterocycles.